The molecule has 33 heavy (non-hydrogen) atoms. The van der Waals surface area contributed by atoms with Crippen molar-refractivity contribution in [3.63, 3.8) is 0 Å². The van der Waals surface area contributed by atoms with E-state index in [0.29, 0.717) is 33.5 Å². The Morgan fingerprint density at radius 3 is 2.70 bits per heavy atom. The lowest BCUT2D eigenvalue weighted by Gasteiger charge is -2.09. The van der Waals surface area contributed by atoms with Crippen LogP contribution in [-0.2, 0) is 11.3 Å². The van der Waals surface area contributed by atoms with E-state index in [9.17, 15) is 14.0 Å². The number of pyridine rings is 2. The topological polar surface area (TPSA) is 116 Å². The third-order valence-corrected chi connectivity index (χ3v) is 5.01. The van der Waals surface area contributed by atoms with Gasteiger partial charge in [0.2, 0.25) is 0 Å². The largest absolute Gasteiger partial charge is 0.378 e. The van der Waals surface area contributed by atoms with Gasteiger partial charge in [0.05, 0.1) is 23.4 Å². The molecule has 1 aromatic carbocycles. The third-order valence-electron chi connectivity index (χ3n) is 5.01. The van der Waals surface area contributed by atoms with Crippen molar-refractivity contribution in [1.29, 1.82) is 0 Å². The van der Waals surface area contributed by atoms with E-state index in [2.05, 4.69) is 25.7 Å². The lowest BCUT2D eigenvalue weighted by Crippen LogP contribution is -2.33. The molecule has 0 unspecified atom stereocenters. The van der Waals surface area contributed by atoms with Crippen molar-refractivity contribution in [2.75, 3.05) is 12.5 Å². The van der Waals surface area contributed by atoms with Crippen LogP contribution >= 0.6 is 0 Å². The Morgan fingerprint density at radius 1 is 1.15 bits per heavy atom. The van der Waals surface area contributed by atoms with E-state index in [0.717, 1.165) is 4.68 Å². The standard InChI is InChI=1S/C22H16FN7O3/c1-33-12-16-18(13-4-6-15(23)7-5-13)20-26-25-19-17(30(20)27-16)8-10-29(22(19)32)28-21(31)14-3-2-9-24-11-14/h2-11H,12H2,1H3,(H,28,31). The van der Waals surface area contributed by atoms with Gasteiger partial charge in [0.1, 0.15) is 11.3 Å². The van der Waals surface area contributed by atoms with Crippen molar-refractivity contribution in [3.8, 4) is 11.1 Å². The number of fused-ring (bicyclic) bond motifs is 3. The van der Waals surface area contributed by atoms with E-state index < -0.39 is 11.5 Å². The van der Waals surface area contributed by atoms with E-state index in [1.54, 1.807) is 36.5 Å². The first kappa shape index (κ1) is 20.4. The predicted molar refractivity (Wildman–Crippen MR) is 117 cm³/mol. The van der Waals surface area contributed by atoms with Gasteiger partial charge in [0.15, 0.2) is 11.2 Å². The highest BCUT2D eigenvalue weighted by Gasteiger charge is 2.20. The molecule has 4 aromatic heterocycles. The molecular weight excluding hydrogens is 429 g/mol. The molecule has 0 fully saturated rings. The van der Waals surface area contributed by atoms with Gasteiger partial charge < -0.3 is 4.74 Å². The smallest absolute Gasteiger partial charge is 0.299 e. The molecule has 0 spiro atoms. The molecule has 11 heteroatoms. The van der Waals surface area contributed by atoms with Gasteiger partial charge >= 0.3 is 0 Å². The number of benzene rings is 1. The molecule has 0 aliphatic carbocycles. The van der Waals surface area contributed by atoms with Gasteiger partial charge in [-0.15, -0.1) is 10.2 Å². The number of amides is 1. The second kappa shape index (κ2) is 8.20. The van der Waals surface area contributed by atoms with Gasteiger partial charge in [-0.2, -0.15) is 5.10 Å². The van der Waals surface area contributed by atoms with E-state index >= 15 is 0 Å². The van der Waals surface area contributed by atoms with Crippen LogP contribution < -0.4 is 11.0 Å². The number of aromatic nitrogens is 6. The molecule has 10 nitrogen and oxygen atoms in total. The fourth-order valence-electron chi connectivity index (χ4n) is 3.50. The van der Waals surface area contributed by atoms with Crippen LogP contribution in [0.1, 0.15) is 16.1 Å². The summed E-state index contributed by atoms with van der Waals surface area (Å²) in [7, 11) is 1.53. The summed E-state index contributed by atoms with van der Waals surface area (Å²) >= 11 is 0. The molecule has 0 aliphatic rings. The number of carbonyl (C=O) groups is 1. The van der Waals surface area contributed by atoms with Crippen LogP contribution in [0.5, 0.6) is 0 Å². The van der Waals surface area contributed by atoms with Gasteiger partial charge in [-0.1, -0.05) is 12.1 Å². The minimum absolute atomic E-state index is 0.00797. The Morgan fingerprint density at radius 2 is 1.97 bits per heavy atom. The average Bonchev–Trinajstić information content (AvgIpc) is 3.20. The molecule has 5 aromatic rings. The summed E-state index contributed by atoms with van der Waals surface area (Å²) in [5.41, 5.74) is 4.88. The van der Waals surface area contributed by atoms with Gasteiger partial charge in [0.25, 0.3) is 11.5 Å². The minimum atomic E-state index is -0.578. The summed E-state index contributed by atoms with van der Waals surface area (Å²) in [5, 5.41) is 12.9. The third kappa shape index (κ3) is 3.59. The molecule has 0 atom stereocenters. The number of carbonyl (C=O) groups excluding carboxylic acids is 1. The maximum atomic E-state index is 13.4. The Kier molecular flexibility index (Phi) is 5.07. The van der Waals surface area contributed by atoms with E-state index in [-0.39, 0.29) is 17.9 Å². The van der Waals surface area contributed by atoms with E-state index in [1.807, 2.05) is 0 Å². The van der Waals surface area contributed by atoms with Crippen molar-refractivity contribution < 1.29 is 13.9 Å². The van der Waals surface area contributed by atoms with Crippen molar-refractivity contribution in [1.82, 2.24) is 29.5 Å². The summed E-state index contributed by atoms with van der Waals surface area (Å²) in [5.74, 6) is -0.868. The number of halogens is 1. The Bertz CT molecular complexity index is 1550. The average molecular weight is 445 g/mol. The molecule has 1 amide bonds. The number of methoxy groups -OCH3 is 1. The summed E-state index contributed by atoms with van der Waals surface area (Å²) in [4.78, 5) is 29.3. The highest BCUT2D eigenvalue weighted by Crippen LogP contribution is 2.29. The van der Waals surface area contributed by atoms with Crippen molar-refractivity contribution >= 4 is 22.6 Å². The van der Waals surface area contributed by atoms with Crippen LogP contribution in [0, 0.1) is 5.82 Å². The zero-order valence-electron chi connectivity index (χ0n) is 17.3. The first-order chi connectivity index (χ1) is 16.1. The molecule has 4 heterocycles. The lowest BCUT2D eigenvalue weighted by atomic mass is 10.1. The normalized spacial score (nSPS) is 11.2. The second-order valence-electron chi connectivity index (χ2n) is 7.10. The molecule has 0 aliphatic heterocycles. The number of ether oxygens (including phenoxy) is 1. The molecule has 0 saturated carbocycles. The monoisotopic (exact) mass is 445 g/mol. The highest BCUT2D eigenvalue weighted by molar-refractivity contribution is 5.99. The van der Waals surface area contributed by atoms with Crippen LogP contribution in [0.15, 0.2) is 65.8 Å². The zero-order valence-corrected chi connectivity index (χ0v) is 17.3. The number of rotatable bonds is 5. The van der Waals surface area contributed by atoms with Crippen molar-refractivity contribution in [2.24, 2.45) is 0 Å². The number of nitrogens with one attached hydrogen (secondary N) is 1. The fourth-order valence-corrected chi connectivity index (χ4v) is 3.50. The Balaban J connectivity index is 1.64. The Hall–Kier alpha value is -4.51. The molecule has 164 valence electrons. The molecule has 0 bridgehead atoms. The first-order valence-electron chi connectivity index (χ1n) is 9.82. The fraction of sp³-hybridized carbons (Fsp3) is 0.0909. The summed E-state index contributed by atoms with van der Waals surface area (Å²) < 4.78 is 21.2. The van der Waals surface area contributed by atoms with Gasteiger partial charge in [-0.3, -0.25) is 20.0 Å². The van der Waals surface area contributed by atoms with Crippen LogP contribution in [0.4, 0.5) is 4.39 Å². The first-order valence-corrected chi connectivity index (χ1v) is 9.82. The van der Waals surface area contributed by atoms with E-state index in [1.165, 1.54) is 36.2 Å². The lowest BCUT2D eigenvalue weighted by molar-refractivity contribution is 0.101. The maximum Gasteiger partial charge on any atom is 0.299 e. The van der Waals surface area contributed by atoms with E-state index in [4.69, 9.17) is 4.74 Å². The molecular formula is C22H16FN7O3. The Labute approximate surface area is 185 Å². The zero-order chi connectivity index (χ0) is 22.9. The number of hydrogen-bond donors (Lipinski definition) is 1. The predicted octanol–water partition coefficient (Wildman–Crippen LogP) is 2.17. The summed E-state index contributed by atoms with van der Waals surface area (Å²) in [6.45, 7) is 0.176. The van der Waals surface area contributed by atoms with Crippen LogP contribution in [0.3, 0.4) is 0 Å². The molecule has 0 radical (unpaired) electrons. The van der Waals surface area contributed by atoms with Crippen LogP contribution in [0.25, 0.3) is 27.8 Å². The summed E-state index contributed by atoms with van der Waals surface area (Å²) in [6, 6.07) is 10.7. The van der Waals surface area contributed by atoms with Crippen LogP contribution in [0.2, 0.25) is 0 Å². The molecule has 0 saturated heterocycles. The van der Waals surface area contributed by atoms with Gasteiger partial charge in [-0.05, 0) is 35.9 Å². The molecule has 1 N–H and O–H groups in total. The SMILES string of the molecule is COCc1nn2c(nnc3c(=O)n(NC(=O)c4cccnc4)ccc32)c1-c1ccc(F)cc1. The van der Waals surface area contributed by atoms with Gasteiger partial charge in [0, 0.05) is 25.7 Å². The quantitative estimate of drug-likeness (QED) is 0.441. The highest BCUT2D eigenvalue weighted by atomic mass is 19.1. The molecule has 5 rings (SSSR count). The maximum absolute atomic E-state index is 13.4. The minimum Gasteiger partial charge on any atom is -0.378 e. The second-order valence-corrected chi connectivity index (χ2v) is 7.10. The van der Waals surface area contributed by atoms with Gasteiger partial charge in [-0.25, -0.2) is 13.6 Å². The van der Waals surface area contributed by atoms with Crippen LogP contribution in [-0.4, -0.2) is 42.5 Å². The number of nitrogens with zero attached hydrogens (tertiary/aromatic N) is 6. The van der Waals surface area contributed by atoms with Crippen molar-refractivity contribution in [3.05, 3.63) is 88.5 Å². The number of hydrogen-bond acceptors (Lipinski definition) is 7. The van der Waals surface area contributed by atoms with Crippen molar-refractivity contribution in [2.45, 2.75) is 6.61 Å². The summed E-state index contributed by atoms with van der Waals surface area (Å²) in [6.07, 6.45) is 4.35.